The Morgan fingerprint density at radius 3 is 2.38 bits per heavy atom. The molecule has 0 aliphatic carbocycles. The van der Waals surface area contributed by atoms with Crippen molar-refractivity contribution in [2.75, 3.05) is 41.5 Å². The SMILES string of the molecule is C=CCc1cccc(OCOC)c1C(=O)O[C@@H](CCOCc1ccc(OC)cc1)C[C@@H](OCOC)[C@@H](C)CC=C(C)C. The number of hydrogen-bond donors (Lipinski definition) is 0. The van der Waals surface area contributed by atoms with E-state index in [2.05, 4.69) is 33.4 Å². The van der Waals surface area contributed by atoms with Gasteiger partial charge in [0.2, 0.25) is 0 Å². The highest BCUT2D eigenvalue weighted by Gasteiger charge is 2.27. The number of carbonyl (C=O) groups is 1. The zero-order valence-corrected chi connectivity index (χ0v) is 26.1. The van der Waals surface area contributed by atoms with Gasteiger partial charge in [0.05, 0.1) is 26.4 Å². The maximum Gasteiger partial charge on any atom is 0.342 e. The van der Waals surface area contributed by atoms with Crippen LogP contribution < -0.4 is 9.47 Å². The first-order valence-electron chi connectivity index (χ1n) is 14.3. The molecule has 0 N–H and O–H groups in total. The molecule has 2 rings (SSSR count). The van der Waals surface area contributed by atoms with Crippen LogP contribution in [-0.4, -0.2) is 59.7 Å². The van der Waals surface area contributed by atoms with Crippen molar-refractivity contribution in [1.82, 2.24) is 0 Å². The van der Waals surface area contributed by atoms with E-state index < -0.39 is 12.1 Å². The molecule has 2 aromatic carbocycles. The Morgan fingerprint density at radius 1 is 1.00 bits per heavy atom. The molecule has 0 unspecified atom stereocenters. The van der Waals surface area contributed by atoms with Gasteiger partial charge in [0, 0.05) is 27.1 Å². The Labute approximate surface area is 251 Å². The fourth-order valence-electron chi connectivity index (χ4n) is 4.39. The van der Waals surface area contributed by atoms with E-state index >= 15 is 0 Å². The van der Waals surface area contributed by atoms with Crippen LogP contribution in [0.3, 0.4) is 0 Å². The molecule has 0 spiro atoms. The zero-order chi connectivity index (χ0) is 30.7. The summed E-state index contributed by atoms with van der Waals surface area (Å²) >= 11 is 0. The number of allylic oxidation sites excluding steroid dienone is 3. The summed E-state index contributed by atoms with van der Waals surface area (Å²) in [4.78, 5) is 13.7. The van der Waals surface area contributed by atoms with Crippen LogP contribution >= 0.6 is 0 Å². The van der Waals surface area contributed by atoms with Gasteiger partial charge >= 0.3 is 5.97 Å². The van der Waals surface area contributed by atoms with Crippen LogP contribution in [0, 0.1) is 5.92 Å². The first kappa shape index (κ1) is 35.0. The number of carbonyl (C=O) groups excluding carboxylic acids is 1. The summed E-state index contributed by atoms with van der Waals surface area (Å²) in [6, 6.07) is 13.2. The molecule has 42 heavy (non-hydrogen) atoms. The molecule has 0 saturated carbocycles. The Bertz CT molecular complexity index is 1090. The van der Waals surface area contributed by atoms with Gasteiger partial charge in [-0.25, -0.2) is 4.79 Å². The minimum absolute atomic E-state index is 0.00919. The number of ether oxygens (including phenoxy) is 7. The minimum Gasteiger partial charge on any atom is -0.497 e. The molecule has 3 atom stereocenters. The van der Waals surface area contributed by atoms with Gasteiger partial charge in [-0.3, -0.25) is 0 Å². The van der Waals surface area contributed by atoms with Crippen LogP contribution in [-0.2, 0) is 36.7 Å². The Balaban J connectivity index is 2.25. The van der Waals surface area contributed by atoms with Gasteiger partial charge in [-0.15, -0.1) is 6.58 Å². The normalized spacial score (nSPS) is 13.1. The molecule has 0 fully saturated rings. The lowest BCUT2D eigenvalue weighted by Gasteiger charge is -2.28. The molecule has 0 radical (unpaired) electrons. The standard InChI is InChI=1S/C34H48O8/c1-8-10-28-11-9-12-31(40-23-36-5)33(28)34(35)42-30(19-20-39-22-27-15-17-29(38-7)18-16-27)21-32(41-24-37-6)26(4)14-13-25(2)3/h8-9,11-13,15-18,26,30,32H,1,10,14,19-24H2,2-7H3/t26-,30-,32+/m0/s1. The summed E-state index contributed by atoms with van der Waals surface area (Å²) in [5.74, 6) is 0.895. The van der Waals surface area contributed by atoms with Crippen LogP contribution in [0.2, 0.25) is 0 Å². The highest BCUT2D eigenvalue weighted by molar-refractivity contribution is 5.94. The van der Waals surface area contributed by atoms with E-state index in [9.17, 15) is 4.79 Å². The van der Waals surface area contributed by atoms with E-state index in [-0.39, 0.29) is 25.6 Å². The van der Waals surface area contributed by atoms with Gasteiger partial charge in [0.1, 0.15) is 30.0 Å². The summed E-state index contributed by atoms with van der Waals surface area (Å²) in [7, 11) is 4.77. The Kier molecular flexibility index (Phi) is 16.6. The molecule has 0 bridgehead atoms. The number of esters is 1. The summed E-state index contributed by atoms with van der Waals surface area (Å²) in [6.45, 7) is 11.1. The van der Waals surface area contributed by atoms with Gasteiger partial charge in [0.25, 0.3) is 0 Å². The first-order chi connectivity index (χ1) is 20.3. The van der Waals surface area contributed by atoms with Gasteiger partial charge in [-0.2, -0.15) is 0 Å². The largest absolute Gasteiger partial charge is 0.497 e. The molecule has 0 aliphatic rings. The van der Waals surface area contributed by atoms with E-state index in [0.717, 1.165) is 23.3 Å². The maximum absolute atomic E-state index is 13.7. The fraction of sp³-hybridized carbons (Fsp3) is 0.500. The maximum atomic E-state index is 13.7. The van der Waals surface area contributed by atoms with Crippen molar-refractivity contribution < 1.29 is 38.0 Å². The Morgan fingerprint density at radius 2 is 1.74 bits per heavy atom. The van der Waals surface area contributed by atoms with Crippen molar-refractivity contribution in [2.45, 2.75) is 65.3 Å². The van der Waals surface area contributed by atoms with Crippen LogP contribution in [0.25, 0.3) is 0 Å². The van der Waals surface area contributed by atoms with Crippen LogP contribution in [0.5, 0.6) is 11.5 Å². The Hall–Kier alpha value is -3.17. The molecule has 0 aromatic heterocycles. The second-order valence-electron chi connectivity index (χ2n) is 10.4. The summed E-state index contributed by atoms with van der Waals surface area (Å²) in [6.07, 6.45) is 5.56. The lowest BCUT2D eigenvalue weighted by molar-refractivity contribution is -0.104. The molecule has 232 valence electrons. The van der Waals surface area contributed by atoms with Crippen molar-refractivity contribution in [3.05, 3.63) is 83.5 Å². The third-order valence-corrected chi connectivity index (χ3v) is 6.73. The summed E-state index contributed by atoms with van der Waals surface area (Å²) < 4.78 is 39.5. The molecule has 8 nitrogen and oxygen atoms in total. The second-order valence-corrected chi connectivity index (χ2v) is 10.4. The van der Waals surface area contributed by atoms with Crippen molar-refractivity contribution in [2.24, 2.45) is 5.92 Å². The minimum atomic E-state index is -0.476. The monoisotopic (exact) mass is 584 g/mol. The number of benzene rings is 2. The van der Waals surface area contributed by atoms with Crippen LogP contribution in [0.15, 0.2) is 66.8 Å². The predicted octanol–water partition coefficient (Wildman–Crippen LogP) is 6.91. The zero-order valence-electron chi connectivity index (χ0n) is 26.1. The topological polar surface area (TPSA) is 81.7 Å². The van der Waals surface area contributed by atoms with Crippen molar-refractivity contribution in [3.63, 3.8) is 0 Å². The average Bonchev–Trinajstić information content (AvgIpc) is 2.99. The lowest BCUT2D eigenvalue weighted by Crippen LogP contribution is -2.31. The number of rotatable bonds is 21. The van der Waals surface area contributed by atoms with E-state index in [1.165, 1.54) is 12.7 Å². The van der Waals surface area contributed by atoms with Crippen LogP contribution in [0.4, 0.5) is 0 Å². The average molecular weight is 585 g/mol. The van der Waals surface area contributed by atoms with E-state index in [4.69, 9.17) is 33.2 Å². The van der Waals surface area contributed by atoms with Gasteiger partial charge in [-0.1, -0.05) is 48.9 Å². The molecule has 0 saturated heterocycles. The summed E-state index contributed by atoms with van der Waals surface area (Å²) in [5, 5.41) is 0. The second kappa shape index (κ2) is 19.9. The lowest BCUT2D eigenvalue weighted by atomic mass is 9.94. The van der Waals surface area contributed by atoms with Crippen molar-refractivity contribution >= 4 is 5.97 Å². The molecular formula is C34H48O8. The third kappa shape index (κ3) is 12.4. The fourth-order valence-corrected chi connectivity index (χ4v) is 4.39. The van der Waals surface area contributed by atoms with Gasteiger partial charge < -0.3 is 33.2 Å². The van der Waals surface area contributed by atoms with E-state index in [1.54, 1.807) is 26.4 Å². The number of hydrogen-bond acceptors (Lipinski definition) is 8. The van der Waals surface area contributed by atoms with Gasteiger partial charge in [0.15, 0.2) is 6.79 Å². The van der Waals surface area contributed by atoms with Crippen molar-refractivity contribution in [1.29, 1.82) is 0 Å². The molecule has 0 heterocycles. The molecule has 8 heteroatoms. The highest BCUT2D eigenvalue weighted by atomic mass is 16.7. The molecular weight excluding hydrogens is 536 g/mol. The quantitative estimate of drug-likeness (QED) is 0.0678. The molecule has 0 amide bonds. The van der Waals surface area contributed by atoms with Crippen LogP contribution in [0.1, 0.15) is 61.5 Å². The third-order valence-electron chi connectivity index (χ3n) is 6.73. The summed E-state index contributed by atoms with van der Waals surface area (Å²) in [5.41, 5.74) is 3.40. The van der Waals surface area contributed by atoms with E-state index in [0.29, 0.717) is 43.8 Å². The predicted molar refractivity (Wildman–Crippen MR) is 164 cm³/mol. The molecule has 2 aromatic rings. The molecule has 0 aliphatic heterocycles. The smallest absolute Gasteiger partial charge is 0.342 e. The van der Waals surface area contributed by atoms with Crippen molar-refractivity contribution in [3.8, 4) is 11.5 Å². The number of methoxy groups -OCH3 is 3. The van der Waals surface area contributed by atoms with Gasteiger partial charge in [-0.05, 0) is 61.9 Å². The highest BCUT2D eigenvalue weighted by Crippen LogP contribution is 2.27. The first-order valence-corrected chi connectivity index (χ1v) is 14.3. The van der Waals surface area contributed by atoms with E-state index in [1.807, 2.05) is 36.4 Å².